The number of aromatic nitrogens is 2. The van der Waals surface area contributed by atoms with Gasteiger partial charge in [-0.25, -0.2) is 4.79 Å². The fourth-order valence-corrected chi connectivity index (χ4v) is 1.71. The maximum Gasteiger partial charge on any atom is 0.329 e. The Bertz CT molecular complexity index is 448. The molecule has 0 saturated heterocycles. The molecule has 18 heavy (non-hydrogen) atoms. The summed E-state index contributed by atoms with van der Waals surface area (Å²) in [6.45, 7) is 5.21. The van der Waals surface area contributed by atoms with Gasteiger partial charge in [0.2, 0.25) is 0 Å². The molecule has 1 heterocycles. The van der Waals surface area contributed by atoms with Crippen molar-refractivity contribution in [2.45, 2.75) is 39.2 Å². The van der Waals surface area contributed by atoms with Gasteiger partial charge in [-0.15, -0.1) is 0 Å². The highest BCUT2D eigenvalue weighted by molar-refractivity contribution is 5.96. The average Bonchev–Trinajstić information content (AvgIpc) is 2.59. The SMILES string of the molecule is CCCC(C)(NC(=O)c1cc(C)n(C)n1)C(=O)O. The summed E-state index contributed by atoms with van der Waals surface area (Å²) < 4.78 is 1.58. The topological polar surface area (TPSA) is 84.2 Å². The van der Waals surface area contributed by atoms with E-state index in [4.69, 9.17) is 0 Å². The number of aryl methyl sites for hydroxylation is 2. The van der Waals surface area contributed by atoms with Crippen LogP contribution < -0.4 is 5.32 Å². The molecule has 2 N–H and O–H groups in total. The number of carboxylic acids is 1. The Balaban J connectivity index is 2.88. The second-order valence-corrected chi connectivity index (χ2v) is 4.64. The van der Waals surface area contributed by atoms with Crippen molar-refractivity contribution in [3.63, 3.8) is 0 Å². The quantitative estimate of drug-likeness (QED) is 0.823. The average molecular weight is 253 g/mol. The van der Waals surface area contributed by atoms with Crippen LogP contribution >= 0.6 is 0 Å². The number of rotatable bonds is 5. The minimum Gasteiger partial charge on any atom is -0.480 e. The van der Waals surface area contributed by atoms with Crippen molar-refractivity contribution in [2.75, 3.05) is 0 Å². The van der Waals surface area contributed by atoms with Gasteiger partial charge in [0.15, 0.2) is 0 Å². The smallest absolute Gasteiger partial charge is 0.329 e. The fraction of sp³-hybridized carbons (Fsp3) is 0.583. The second kappa shape index (κ2) is 5.20. The lowest BCUT2D eigenvalue weighted by molar-refractivity contribution is -0.144. The number of nitrogens with one attached hydrogen (secondary N) is 1. The Morgan fingerprint density at radius 1 is 1.56 bits per heavy atom. The van der Waals surface area contributed by atoms with Gasteiger partial charge in [0.05, 0.1) is 0 Å². The molecule has 1 aromatic heterocycles. The van der Waals surface area contributed by atoms with Crippen LogP contribution in [0.15, 0.2) is 6.07 Å². The summed E-state index contributed by atoms with van der Waals surface area (Å²) in [5.41, 5.74) is -0.177. The summed E-state index contributed by atoms with van der Waals surface area (Å²) >= 11 is 0. The van der Waals surface area contributed by atoms with Crippen LogP contribution in [-0.4, -0.2) is 32.3 Å². The number of carbonyl (C=O) groups excluding carboxylic acids is 1. The van der Waals surface area contributed by atoms with E-state index in [9.17, 15) is 14.7 Å². The van der Waals surface area contributed by atoms with Crippen LogP contribution in [0.3, 0.4) is 0 Å². The predicted octanol–water partition coefficient (Wildman–Crippen LogP) is 1.10. The zero-order valence-corrected chi connectivity index (χ0v) is 11.1. The fourth-order valence-electron chi connectivity index (χ4n) is 1.71. The van der Waals surface area contributed by atoms with E-state index in [2.05, 4.69) is 10.4 Å². The first-order valence-corrected chi connectivity index (χ1v) is 5.86. The molecule has 1 unspecified atom stereocenters. The molecule has 1 amide bonds. The molecule has 1 aromatic rings. The molecule has 0 fully saturated rings. The first-order chi connectivity index (χ1) is 8.30. The minimum absolute atomic E-state index is 0.235. The van der Waals surface area contributed by atoms with Crippen LogP contribution in [0.2, 0.25) is 0 Å². The van der Waals surface area contributed by atoms with Gasteiger partial charge in [0, 0.05) is 12.7 Å². The third kappa shape index (κ3) is 2.88. The summed E-state index contributed by atoms with van der Waals surface area (Å²) in [4.78, 5) is 23.2. The molecule has 0 bridgehead atoms. The lowest BCUT2D eigenvalue weighted by Crippen LogP contribution is -2.52. The third-order valence-electron chi connectivity index (χ3n) is 2.96. The van der Waals surface area contributed by atoms with Gasteiger partial charge in [0.25, 0.3) is 5.91 Å². The molecule has 1 atom stereocenters. The normalized spacial score (nSPS) is 14.0. The Labute approximate surface area is 106 Å². The molecule has 0 aliphatic heterocycles. The Morgan fingerprint density at radius 2 is 2.17 bits per heavy atom. The van der Waals surface area contributed by atoms with Crippen molar-refractivity contribution in [1.29, 1.82) is 0 Å². The molecular formula is C12H19N3O3. The molecule has 100 valence electrons. The van der Waals surface area contributed by atoms with Crippen molar-refractivity contribution in [3.05, 3.63) is 17.5 Å². The summed E-state index contributed by atoms with van der Waals surface area (Å²) in [5, 5.41) is 15.7. The maximum absolute atomic E-state index is 12.0. The maximum atomic E-state index is 12.0. The van der Waals surface area contributed by atoms with E-state index in [1.807, 2.05) is 13.8 Å². The number of nitrogens with zero attached hydrogens (tertiary/aromatic N) is 2. The lowest BCUT2D eigenvalue weighted by atomic mass is 9.96. The first kappa shape index (κ1) is 14.2. The summed E-state index contributed by atoms with van der Waals surface area (Å²) in [6.07, 6.45) is 1.05. The molecule has 0 saturated carbocycles. The number of carboxylic acid groups (broad SMARTS) is 1. The third-order valence-corrected chi connectivity index (χ3v) is 2.96. The van der Waals surface area contributed by atoms with E-state index in [1.54, 1.807) is 17.8 Å². The molecular weight excluding hydrogens is 234 g/mol. The van der Waals surface area contributed by atoms with E-state index in [0.29, 0.717) is 12.8 Å². The van der Waals surface area contributed by atoms with Gasteiger partial charge in [-0.1, -0.05) is 13.3 Å². The van der Waals surface area contributed by atoms with Crippen LogP contribution in [0.1, 0.15) is 42.9 Å². The number of carbonyl (C=O) groups is 2. The van der Waals surface area contributed by atoms with Crippen molar-refractivity contribution < 1.29 is 14.7 Å². The number of hydrogen-bond donors (Lipinski definition) is 2. The molecule has 0 radical (unpaired) electrons. The summed E-state index contributed by atoms with van der Waals surface area (Å²) in [6, 6.07) is 1.63. The molecule has 0 aliphatic carbocycles. The van der Waals surface area contributed by atoms with Gasteiger partial charge in [-0.3, -0.25) is 9.48 Å². The van der Waals surface area contributed by atoms with E-state index in [0.717, 1.165) is 5.69 Å². The zero-order valence-electron chi connectivity index (χ0n) is 11.1. The van der Waals surface area contributed by atoms with Crippen molar-refractivity contribution in [3.8, 4) is 0 Å². The van der Waals surface area contributed by atoms with E-state index >= 15 is 0 Å². The standard InChI is InChI=1S/C12H19N3O3/c1-5-6-12(3,11(17)18)13-10(16)9-7-8(2)15(4)14-9/h7H,5-6H2,1-4H3,(H,13,16)(H,17,18). The molecule has 0 aromatic carbocycles. The zero-order chi connectivity index (χ0) is 13.9. The Morgan fingerprint density at radius 3 is 2.56 bits per heavy atom. The largest absolute Gasteiger partial charge is 0.480 e. The second-order valence-electron chi connectivity index (χ2n) is 4.64. The van der Waals surface area contributed by atoms with Crippen LogP contribution in [0, 0.1) is 6.92 Å². The van der Waals surface area contributed by atoms with Crippen LogP contribution in [0.25, 0.3) is 0 Å². The summed E-state index contributed by atoms with van der Waals surface area (Å²) in [5.74, 6) is -1.50. The monoisotopic (exact) mass is 253 g/mol. The van der Waals surface area contributed by atoms with Gasteiger partial charge < -0.3 is 10.4 Å². The van der Waals surface area contributed by atoms with Gasteiger partial charge in [-0.2, -0.15) is 5.10 Å². The molecule has 0 spiro atoms. The Hall–Kier alpha value is -1.85. The Kier molecular flexibility index (Phi) is 4.11. The van der Waals surface area contributed by atoms with Gasteiger partial charge in [0.1, 0.15) is 11.2 Å². The molecule has 1 rings (SSSR count). The molecule has 0 aliphatic rings. The highest BCUT2D eigenvalue weighted by atomic mass is 16.4. The van der Waals surface area contributed by atoms with E-state index in [1.165, 1.54) is 6.92 Å². The van der Waals surface area contributed by atoms with Crippen LogP contribution in [0.5, 0.6) is 0 Å². The highest BCUT2D eigenvalue weighted by Gasteiger charge is 2.34. The van der Waals surface area contributed by atoms with Crippen LogP contribution in [-0.2, 0) is 11.8 Å². The highest BCUT2D eigenvalue weighted by Crippen LogP contribution is 2.14. The van der Waals surface area contributed by atoms with Gasteiger partial charge >= 0.3 is 5.97 Å². The van der Waals surface area contributed by atoms with Crippen LogP contribution in [0.4, 0.5) is 0 Å². The molecule has 6 nitrogen and oxygen atoms in total. The van der Waals surface area contributed by atoms with Crippen molar-refractivity contribution in [2.24, 2.45) is 7.05 Å². The van der Waals surface area contributed by atoms with Crippen molar-refractivity contribution in [1.82, 2.24) is 15.1 Å². The molecule has 6 heteroatoms. The predicted molar refractivity (Wildman–Crippen MR) is 66.4 cm³/mol. The van der Waals surface area contributed by atoms with Gasteiger partial charge in [-0.05, 0) is 26.3 Å². The van der Waals surface area contributed by atoms with E-state index in [-0.39, 0.29) is 5.69 Å². The minimum atomic E-state index is -1.25. The van der Waals surface area contributed by atoms with E-state index < -0.39 is 17.4 Å². The van der Waals surface area contributed by atoms with Crippen molar-refractivity contribution >= 4 is 11.9 Å². The summed E-state index contributed by atoms with van der Waals surface area (Å²) in [7, 11) is 1.73. The lowest BCUT2D eigenvalue weighted by Gasteiger charge is -2.25. The number of amides is 1. The first-order valence-electron chi connectivity index (χ1n) is 5.86. The number of hydrogen-bond acceptors (Lipinski definition) is 3. The number of aliphatic carboxylic acids is 1.